The molecule has 5 heterocycles. The third kappa shape index (κ3) is 6.71. The van der Waals surface area contributed by atoms with Crippen LogP contribution in [0.15, 0.2) is 66.3 Å². The number of aromatic nitrogens is 3. The summed E-state index contributed by atoms with van der Waals surface area (Å²) in [4.78, 5) is 31.9. The first-order chi connectivity index (χ1) is 24.2. The molecule has 12 heteroatoms. The van der Waals surface area contributed by atoms with Gasteiger partial charge in [-0.25, -0.2) is 19.7 Å². The molecule has 5 aliphatic rings. The first-order valence-corrected chi connectivity index (χ1v) is 18.0. The number of morpholine rings is 2. The molecule has 0 spiro atoms. The van der Waals surface area contributed by atoms with Gasteiger partial charge in [0.05, 0.1) is 50.8 Å². The number of cyclic esters (lactones) is 1. The molecule has 7 atom stereocenters. The van der Waals surface area contributed by atoms with Gasteiger partial charge >= 0.3 is 5.97 Å². The van der Waals surface area contributed by atoms with Gasteiger partial charge in [0.1, 0.15) is 11.6 Å². The predicted molar refractivity (Wildman–Crippen MR) is 189 cm³/mol. The van der Waals surface area contributed by atoms with Crippen LogP contribution in [0, 0.1) is 22.7 Å². The Hall–Kier alpha value is -3.68. The van der Waals surface area contributed by atoms with E-state index < -0.39 is 23.5 Å². The highest BCUT2D eigenvalue weighted by atomic mass is 16.5. The number of hydrogen-bond acceptors (Lipinski definition) is 12. The molecule has 0 aromatic carbocycles. The molecule has 3 N–H and O–H groups in total. The van der Waals surface area contributed by atoms with Gasteiger partial charge in [-0.1, -0.05) is 32.1 Å². The number of carbonyl (C=O) groups is 1. The minimum atomic E-state index is -0.665. The predicted octanol–water partition coefficient (Wildman–Crippen LogP) is 3.46. The maximum Gasteiger partial charge on any atom is 0.341 e. The van der Waals surface area contributed by atoms with E-state index in [2.05, 4.69) is 37.0 Å². The maximum atomic E-state index is 13.7. The highest BCUT2D eigenvalue weighted by Gasteiger charge is 2.60. The molecule has 4 fully saturated rings. The maximum absolute atomic E-state index is 13.7. The Labute approximate surface area is 294 Å². The molecular formula is C38H50N6O6. The van der Waals surface area contributed by atoms with Crippen molar-refractivity contribution in [1.29, 1.82) is 0 Å². The summed E-state index contributed by atoms with van der Waals surface area (Å²) < 4.78 is 17.0. The minimum Gasteiger partial charge on any atom is -0.423 e. The van der Waals surface area contributed by atoms with Gasteiger partial charge in [-0.3, -0.25) is 4.90 Å². The van der Waals surface area contributed by atoms with Crippen LogP contribution in [0.5, 0.6) is 0 Å². The number of allylic oxidation sites excluding steroid dienone is 1. The zero-order valence-corrected chi connectivity index (χ0v) is 29.2. The molecule has 3 aliphatic heterocycles. The van der Waals surface area contributed by atoms with E-state index in [9.17, 15) is 15.0 Å². The second-order valence-electron chi connectivity index (χ2n) is 14.9. The van der Waals surface area contributed by atoms with E-state index in [1.807, 2.05) is 31.2 Å². The largest absolute Gasteiger partial charge is 0.423 e. The molecule has 0 bridgehead atoms. The number of carbonyl (C=O) groups excluding carboxylic acids is 1. The van der Waals surface area contributed by atoms with Crippen LogP contribution in [-0.2, 0) is 19.0 Å². The van der Waals surface area contributed by atoms with Crippen molar-refractivity contribution in [2.75, 3.05) is 69.4 Å². The van der Waals surface area contributed by atoms with E-state index >= 15 is 0 Å². The highest BCUT2D eigenvalue weighted by molar-refractivity contribution is 5.95. The van der Waals surface area contributed by atoms with E-state index in [-0.39, 0.29) is 29.9 Å². The summed E-state index contributed by atoms with van der Waals surface area (Å²) in [7, 11) is 0. The second kappa shape index (κ2) is 14.5. The normalized spacial score (nSPS) is 33.5. The number of rotatable bonds is 9. The van der Waals surface area contributed by atoms with Crippen LogP contribution >= 0.6 is 0 Å². The van der Waals surface area contributed by atoms with Gasteiger partial charge in [0.2, 0.25) is 5.95 Å². The molecule has 4 unspecified atom stereocenters. The number of aliphatic hydroxyl groups excluding tert-OH is 2. The number of fused-ring (bicyclic) bond motifs is 1. The van der Waals surface area contributed by atoms with Crippen LogP contribution in [0.4, 0.5) is 11.8 Å². The van der Waals surface area contributed by atoms with Crippen molar-refractivity contribution >= 4 is 23.8 Å². The summed E-state index contributed by atoms with van der Waals surface area (Å²) in [6.45, 7) is 14.7. The average molecular weight is 687 g/mol. The number of ether oxygens (including phenoxy) is 3. The van der Waals surface area contributed by atoms with Crippen LogP contribution in [0.25, 0.3) is 6.08 Å². The van der Waals surface area contributed by atoms with Crippen LogP contribution in [0.1, 0.15) is 45.1 Å². The number of nitrogens with zero attached hydrogens (tertiary/aromatic N) is 5. The lowest BCUT2D eigenvalue weighted by Crippen LogP contribution is -2.62. The molecule has 0 radical (unpaired) electrons. The number of nitrogens with one attached hydrogen (secondary N) is 1. The monoisotopic (exact) mass is 686 g/mol. The number of pyridine rings is 1. The topological polar surface area (TPSA) is 142 Å². The second-order valence-corrected chi connectivity index (χ2v) is 14.9. The van der Waals surface area contributed by atoms with Gasteiger partial charge < -0.3 is 34.6 Å². The molecule has 2 saturated carbocycles. The molecule has 2 aromatic rings. The third-order valence-electron chi connectivity index (χ3n) is 12.1. The zero-order valence-electron chi connectivity index (χ0n) is 29.2. The number of anilines is 2. The van der Waals surface area contributed by atoms with Gasteiger partial charge in [0, 0.05) is 61.8 Å². The summed E-state index contributed by atoms with van der Waals surface area (Å²) in [5.41, 5.74) is 1.43. The van der Waals surface area contributed by atoms with E-state index in [0.29, 0.717) is 62.4 Å². The Morgan fingerprint density at radius 1 is 1.08 bits per heavy atom. The van der Waals surface area contributed by atoms with Crippen molar-refractivity contribution in [3.63, 3.8) is 0 Å². The zero-order chi connectivity index (χ0) is 34.9. The number of hydrogen-bond donors (Lipinski definition) is 3. The summed E-state index contributed by atoms with van der Waals surface area (Å²) in [6.07, 6.45) is 11.0. The fourth-order valence-electron chi connectivity index (χ4n) is 9.18. The van der Waals surface area contributed by atoms with E-state index in [0.717, 1.165) is 50.2 Å². The average Bonchev–Trinajstić information content (AvgIpc) is 3.51. The smallest absolute Gasteiger partial charge is 0.341 e. The summed E-state index contributed by atoms with van der Waals surface area (Å²) in [5, 5.41) is 25.7. The standard InChI is InChI=1S/C38H50N6O6/c1-25-29(37(2)8-7-33(46)38(3,24-45)32(37)21-31(25)43-10-14-48-15-11-43)20-30(42-34-6-4-5-9-39-34)28-19-27(50-35(28)47)18-26-22-40-36(41-23-26)44-12-16-49-17-13-44/h4-6,9,18-19,22-23,29-33,45-46H,1,7-8,10-17,20-21,24H2,2-3H3,(H,39,42)/t29?,30?,31?,32?,33-,37-,38+/m1/s1. The Bertz CT molecular complexity index is 1590. The molecule has 268 valence electrons. The molecule has 50 heavy (non-hydrogen) atoms. The van der Waals surface area contributed by atoms with E-state index in [1.54, 1.807) is 24.7 Å². The van der Waals surface area contributed by atoms with E-state index in [4.69, 9.17) is 20.8 Å². The fraction of sp³-hybridized carbons (Fsp3) is 0.579. The van der Waals surface area contributed by atoms with Crippen LogP contribution in [0.3, 0.4) is 0 Å². The lowest BCUT2D eigenvalue weighted by Gasteiger charge is -2.62. The molecule has 2 aromatic heterocycles. The van der Waals surface area contributed by atoms with Crippen LogP contribution in [0.2, 0.25) is 0 Å². The number of aliphatic hydroxyl groups is 2. The molecule has 2 aliphatic carbocycles. The lowest BCUT2D eigenvalue weighted by atomic mass is 9.45. The fourth-order valence-corrected chi connectivity index (χ4v) is 9.18. The Balaban J connectivity index is 1.22. The molecule has 7 rings (SSSR count). The Morgan fingerprint density at radius 3 is 2.48 bits per heavy atom. The van der Waals surface area contributed by atoms with Gasteiger partial charge in [-0.15, -0.1) is 0 Å². The summed E-state index contributed by atoms with van der Waals surface area (Å²) >= 11 is 0. The Kier molecular flexibility index (Phi) is 10.1. The van der Waals surface area contributed by atoms with Crippen molar-refractivity contribution in [3.05, 3.63) is 71.9 Å². The summed E-state index contributed by atoms with van der Waals surface area (Å²) in [5.74, 6) is 1.31. The lowest BCUT2D eigenvalue weighted by molar-refractivity contribution is -0.163. The minimum absolute atomic E-state index is 0.0306. The van der Waals surface area contributed by atoms with Crippen LogP contribution < -0.4 is 10.2 Å². The SMILES string of the molecule is C=C1C(N2CCOCC2)CC2[C@](C)(CC[C@@H](O)[C@@]2(C)CO)C1CC(Nc1ccccn1)C1=CC(=Cc2cnc(N3CCOCC3)nc2)OC1=O. The summed E-state index contributed by atoms with van der Waals surface area (Å²) in [6, 6.07) is 5.29. The number of esters is 1. The van der Waals surface area contributed by atoms with Gasteiger partial charge in [-0.2, -0.15) is 0 Å². The third-order valence-corrected chi connectivity index (χ3v) is 12.1. The van der Waals surface area contributed by atoms with E-state index in [1.165, 1.54) is 0 Å². The van der Waals surface area contributed by atoms with Gasteiger partial charge in [0.15, 0.2) is 0 Å². The van der Waals surface area contributed by atoms with Gasteiger partial charge in [0.25, 0.3) is 0 Å². The first kappa shape index (κ1) is 34.8. The first-order valence-electron chi connectivity index (χ1n) is 18.0. The molecule has 12 nitrogen and oxygen atoms in total. The van der Waals surface area contributed by atoms with Crippen molar-refractivity contribution in [2.24, 2.45) is 22.7 Å². The molecular weight excluding hydrogens is 636 g/mol. The van der Waals surface area contributed by atoms with Crippen molar-refractivity contribution < 1.29 is 29.2 Å². The van der Waals surface area contributed by atoms with Crippen LogP contribution in [-0.4, -0.2) is 113 Å². The molecule has 2 saturated heterocycles. The van der Waals surface area contributed by atoms with Gasteiger partial charge in [-0.05, 0) is 67.2 Å². The van der Waals surface area contributed by atoms with Crippen molar-refractivity contribution in [1.82, 2.24) is 19.9 Å². The molecule has 0 amide bonds. The quantitative estimate of drug-likeness (QED) is 0.263. The van der Waals surface area contributed by atoms with Crippen molar-refractivity contribution in [2.45, 2.75) is 57.7 Å². The Morgan fingerprint density at radius 2 is 1.80 bits per heavy atom. The highest BCUT2D eigenvalue weighted by Crippen LogP contribution is 2.62. The van der Waals surface area contributed by atoms with Crippen molar-refractivity contribution in [3.8, 4) is 0 Å².